The monoisotopic (exact) mass is 353 g/mol. The van der Waals surface area contributed by atoms with E-state index in [0.717, 1.165) is 31.3 Å². The van der Waals surface area contributed by atoms with Crippen LogP contribution in [0.15, 0.2) is 30.3 Å². The Morgan fingerprint density at radius 1 is 1.32 bits per heavy atom. The van der Waals surface area contributed by atoms with Crippen molar-refractivity contribution in [3.05, 3.63) is 68.8 Å². The maximum Gasteiger partial charge on any atom is 0.288 e. The summed E-state index contributed by atoms with van der Waals surface area (Å²) in [6.45, 7) is 3.97. The molecule has 4 rings (SSSR count). The topological polar surface area (TPSA) is 99.9 Å². The maximum atomic E-state index is 13.0. The number of fused-ring (bicyclic) bond motifs is 3. The van der Waals surface area contributed by atoms with Crippen molar-refractivity contribution >= 4 is 23.0 Å². The SMILES string of the molecule is Cc1sc2c(c1C)C(c1ccccc1)=[N+]([O-])Cc1nc(C(N)=O)nn1-2. The van der Waals surface area contributed by atoms with Gasteiger partial charge >= 0.3 is 0 Å². The summed E-state index contributed by atoms with van der Waals surface area (Å²) in [6.07, 6.45) is 0. The molecule has 2 N–H and O–H groups in total. The molecule has 0 unspecified atom stereocenters. The molecule has 25 heavy (non-hydrogen) atoms. The molecule has 0 saturated carbocycles. The highest BCUT2D eigenvalue weighted by atomic mass is 32.1. The molecule has 1 aromatic carbocycles. The Bertz CT molecular complexity index is 1030. The number of carbonyl (C=O) groups excluding carboxylic acids is 1. The molecule has 2 aromatic heterocycles. The fourth-order valence-corrected chi connectivity index (χ4v) is 4.10. The van der Waals surface area contributed by atoms with Gasteiger partial charge in [-0.2, -0.15) is 9.42 Å². The number of thiophene rings is 1. The number of benzene rings is 1. The van der Waals surface area contributed by atoms with Gasteiger partial charge in [-0.1, -0.05) is 18.2 Å². The zero-order valence-electron chi connectivity index (χ0n) is 13.7. The lowest BCUT2D eigenvalue weighted by Gasteiger charge is -2.09. The van der Waals surface area contributed by atoms with Crippen LogP contribution in [0.4, 0.5) is 0 Å². The molecule has 0 fully saturated rings. The number of hydrogen-bond donors (Lipinski definition) is 1. The van der Waals surface area contributed by atoms with Crippen LogP contribution < -0.4 is 5.73 Å². The Morgan fingerprint density at radius 3 is 2.72 bits per heavy atom. The van der Waals surface area contributed by atoms with Crippen LogP contribution in [0.3, 0.4) is 0 Å². The van der Waals surface area contributed by atoms with Gasteiger partial charge in [0.05, 0.1) is 5.56 Å². The Balaban J connectivity index is 2.04. The number of primary amides is 1. The van der Waals surface area contributed by atoms with Gasteiger partial charge in [0.1, 0.15) is 5.00 Å². The Kier molecular flexibility index (Phi) is 3.43. The third-order valence-corrected chi connectivity index (χ3v) is 5.45. The van der Waals surface area contributed by atoms with Crippen LogP contribution in [0.2, 0.25) is 0 Å². The number of carbonyl (C=O) groups is 1. The molecule has 7 nitrogen and oxygen atoms in total. The van der Waals surface area contributed by atoms with E-state index in [4.69, 9.17) is 5.73 Å². The van der Waals surface area contributed by atoms with Crippen LogP contribution in [-0.4, -0.2) is 31.1 Å². The van der Waals surface area contributed by atoms with Gasteiger partial charge in [0.15, 0.2) is 5.82 Å². The van der Waals surface area contributed by atoms with Crippen molar-refractivity contribution in [3.63, 3.8) is 0 Å². The van der Waals surface area contributed by atoms with Gasteiger partial charge in [-0.05, 0) is 31.5 Å². The number of nitrogens with zero attached hydrogens (tertiary/aromatic N) is 4. The maximum absolute atomic E-state index is 13.0. The second-order valence-electron chi connectivity index (χ2n) is 5.84. The third-order valence-electron chi connectivity index (χ3n) is 4.27. The summed E-state index contributed by atoms with van der Waals surface area (Å²) in [6, 6.07) is 9.53. The normalized spacial score (nSPS) is 13.4. The quantitative estimate of drug-likeness (QED) is 0.562. The van der Waals surface area contributed by atoms with E-state index in [2.05, 4.69) is 10.1 Å². The molecule has 3 aromatic rings. The van der Waals surface area contributed by atoms with Crippen molar-refractivity contribution in [3.8, 4) is 5.00 Å². The molecule has 3 heterocycles. The smallest absolute Gasteiger partial charge is 0.288 e. The van der Waals surface area contributed by atoms with Crippen LogP contribution in [0.25, 0.3) is 5.00 Å². The van der Waals surface area contributed by atoms with Crippen molar-refractivity contribution in [1.82, 2.24) is 14.8 Å². The average molecular weight is 353 g/mol. The first-order chi connectivity index (χ1) is 12.0. The van der Waals surface area contributed by atoms with Crippen LogP contribution in [0.1, 0.15) is 38.0 Å². The molecule has 0 saturated heterocycles. The number of aryl methyl sites for hydroxylation is 1. The van der Waals surface area contributed by atoms with E-state index in [1.54, 1.807) is 4.68 Å². The molecular formula is C17H15N5O2S. The number of nitrogens with two attached hydrogens (primary N) is 1. The predicted molar refractivity (Wildman–Crippen MR) is 94.2 cm³/mol. The Labute approximate surface area is 147 Å². The first-order valence-electron chi connectivity index (χ1n) is 7.71. The van der Waals surface area contributed by atoms with Gasteiger partial charge in [-0.25, -0.2) is 4.98 Å². The van der Waals surface area contributed by atoms with E-state index in [1.165, 1.54) is 11.3 Å². The standard InChI is InChI=1S/C17H15N5O2S/c1-9-10(2)25-17-13(9)14(11-6-4-3-5-7-11)21(24)8-12-19-16(15(18)23)20-22(12)17/h3-7H,8H2,1-2H3,(H2,18,23). The van der Waals surface area contributed by atoms with Gasteiger partial charge < -0.3 is 10.9 Å². The summed E-state index contributed by atoms with van der Waals surface area (Å²) in [4.78, 5) is 16.7. The molecule has 8 heteroatoms. The zero-order valence-corrected chi connectivity index (χ0v) is 14.5. The van der Waals surface area contributed by atoms with E-state index in [-0.39, 0.29) is 12.4 Å². The van der Waals surface area contributed by atoms with Crippen molar-refractivity contribution in [2.24, 2.45) is 5.73 Å². The van der Waals surface area contributed by atoms with E-state index >= 15 is 0 Å². The van der Waals surface area contributed by atoms with E-state index in [0.29, 0.717) is 11.5 Å². The molecular weight excluding hydrogens is 338 g/mol. The zero-order chi connectivity index (χ0) is 17.7. The second kappa shape index (κ2) is 5.52. The Hall–Kier alpha value is -3.00. The average Bonchev–Trinajstić information content (AvgIpc) is 3.09. The minimum atomic E-state index is -0.711. The highest BCUT2D eigenvalue weighted by Gasteiger charge is 2.32. The molecule has 126 valence electrons. The van der Waals surface area contributed by atoms with Gasteiger partial charge in [-0.15, -0.1) is 16.4 Å². The largest absolute Gasteiger partial charge is 0.623 e. The van der Waals surface area contributed by atoms with Crippen LogP contribution >= 0.6 is 11.3 Å². The lowest BCUT2D eigenvalue weighted by atomic mass is 10.00. The van der Waals surface area contributed by atoms with Gasteiger partial charge in [0.25, 0.3) is 5.91 Å². The van der Waals surface area contributed by atoms with Crippen molar-refractivity contribution in [1.29, 1.82) is 0 Å². The van der Waals surface area contributed by atoms with Crippen LogP contribution in [-0.2, 0) is 6.54 Å². The first-order valence-corrected chi connectivity index (χ1v) is 8.52. The number of rotatable bonds is 2. The van der Waals surface area contributed by atoms with Crippen LogP contribution in [0.5, 0.6) is 0 Å². The summed E-state index contributed by atoms with van der Waals surface area (Å²) in [5, 5.41) is 18.0. The number of hydroxylamine groups is 1. The summed E-state index contributed by atoms with van der Waals surface area (Å²) in [5.41, 5.74) is 8.56. The fraction of sp³-hybridized carbons (Fsp3) is 0.176. The summed E-state index contributed by atoms with van der Waals surface area (Å²) in [5.74, 6) is -0.393. The Morgan fingerprint density at radius 2 is 2.04 bits per heavy atom. The van der Waals surface area contributed by atoms with E-state index in [9.17, 15) is 10.0 Å². The highest BCUT2D eigenvalue weighted by molar-refractivity contribution is 7.15. The molecule has 0 atom stereocenters. The minimum absolute atomic E-state index is 0.00953. The molecule has 0 aliphatic carbocycles. The van der Waals surface area contributed by atoms with E-state index in [1.807, 2.05) is 44.2 Å². The third kappa shape index (κ3) is 2.33. The molecule has 1 aliphatic heterocycles. The molecule has 0 bridgehead atoms. The molecule has 1 aliphatic rings. The van der Waals surface area contributed by atoms with E-state index < -0.39 is 5.91 Å². The molecule has 0 radical (unpaired) electrons. The molecule has 1 amide bonds. The summed E-state index contributed by atoms with van der Waals surface area (Å²) < 4.78 is 2.48. The predicted octanol–water partition coefficient (Wildman–Crippen LogP) is 1.91. The van der Waals surface area contributed by atoms with Gasteiger partial charge in [-0.3, -0.25) is 4.79 Å². The lowest BCUT2D eigenvalue weighted by molar-refractivity contribution is -0.475. The fourth-order valence-electron chi connectivity index (χ4n) is 2.97. The van der Waals surface area contributed by atoms with Gasteiger partial charge in [0.2, 0.25) is 18.1 Å². The highest BCUT2D eigenvalue weighted by Crippen LogP contribution is 2.34. The summed E-state index contributed by atoms with van der Waals surface area (Å²) in [7, 11) is 0. The number of aromatic nitrogens is 3. The first kappa shape index (κ1) is 15.5. The second-order valence-corrected chi connectivity index (χ2v) is 7.05. The minimum Gasteiger partial charge on any atom is -0.623 e. The van der Waals surface area contributed by atoms with Crippen molar-refractivity contribution in [2.45, 2.75) is 20.4 Å². The lowest BCUT2D eigenvalue weighted by Crippen LogP contribution is -2.18. The number of amides is 1. The number of hydrogen-bond acceptors (Lipinski definition) is 5. The summed E-state index contributed by atoms with van der Waals surface area (Å²) >= 11 is 1.52. The van der Waals surface area contributed by atoms with Crippen molar-refractivity contribution < 1.29 is 9.53 Å². The van der Waals surface area contributed by atoms with Gasteiger partial charge in [0, 0.05) is 10.4 Å². The van der Waals surface area contributed by atoms with Crippen molar-refractivity contribution in [2.75, 3.05) is 0 Å². The molecule has 0 spiro atoms. The van der Waals surface area contributed by atoms with Crippen LogP contribution in [0, 0.1) is 19.1 Å².